The number of aromatic nitrogens is 5. The first-order valence-electron chi connectivity index (χ1n) is 14.9. The van der Waals surface area contributed by atoms with E-state index in [9.17, 15) is 0 Å². The van der Waals surface area contributed by atoms with Gasteiger partial charge in [-0.3, -0.25) is 9.55 Å². The van der Waals surface area contributed by atoms with Crippen molar-refractivity contribution in [1.29, 1.82) is 0 Å². The third-order valence-electron chi connectivity index (χ3n) is 9.01. The van der Waals surface area contributed by atoms with Crippen LogP contribution in [0.2, 0.25) is 0 Å². The van der Waals surface area contributed by atoms with Crippen LogP contribution in [-0.4, -0.2) is 24.5 Å². The number of benzene rings is 5. The van der Waals surface area contributed by atoms with Crippen LogP contribution in [0.1, 0.15) is 25.1 Å². The van der Waals surface area contributed by atoms with Crippen molar-refractivity contribution in [3.63, 3.8) is 0 Å². The van der Waals surface area contributed by atoms with Crippen LogP contribution in [0.4, 0.5) is 0 Å². The Morgan fingerprint density at radius 2 is 1.16 bits per heavy atom. The molecule has 0 atom stereocenters. The topological polar surface area (TPSA) is 56.5 Å². The molecule has 0 N–H and O–H groups in total. The molecule has 0 amide bonds. The van der Waals surface area contributed by atoms with Crippen molar-refractivity contribution >= 4 is 32.6 Å². The highest BCUT2D eigenvalue weighted by Gasteiger charge is 2.41. The highest BCUT2D eigenvalue weighted by atomic mass is 15.2. The lowest BCUT2D eigenvalue weighted by Crippen LogP contribution is -2.18. The van der Waals surface area contributed by atoms with E-state index in [1.165, 1.54) is 38.2 Å². The fourth-order valence-corrected chi connectivity index (χ4v) is 7.14. The monoisotopic (exact) mass is 565 g/mol. The zero-order valence-corrected chi connectivity index (χ0v) is 24.4. The molecule has 5 aromatic carbocycles. The van der Waals surface area contributed by atoms with Crippen LogP contribution in [0, 0.1) is 0 Å². The van der Waals surface area contributed by atoms with Gasteiger partial charge in [-0.1, -0.05) is 123 Å². The summed E-state index contributed by atoms with van der Waals surface area (Å²) in [6.07, 6.45) is 1.91. The molecule has 1 aliphatic carbocycles. The summed E-state index contributed by atoms with van der Waals surface area (Å²) in [5.41, 5.74) is 8.49. The molecule has 0 spiro atoms. The summed E-state index contributed by atoms with van der Waals surface area (Å²) in [7, 11) is 0. The minimum absolute atomic E-state index is 0.349. The Morgan fingerprint density at radius 3 is 1.84 bits per heavy atom. The van der Waals surface area contributed by atoms with Crippen molar-refractivity contribution in [2.45, 2.75) is 19.3 Å². The van der Waals surface area contributed by atoms with Crippen LogP contribution in [0.25, 0.3) is 72.4 Å². The lowest BCUT2D eigenvalue weighted by atomic mass is 9.82. The Hall–Kier alpha value is -5.68. The second-order valence-corrected chi connectivity index (χ2v) is 11.9. The first kappa shape index (κ1) is 24.9. The fourth-order valence-electron chi connectivity index (χ4n) is 7.14. The largest absolute Gasteiger partial charge is 0.277 e. The summed E-state index contributed by atoms with van der Waals surface area (Å²) in [4.78, 5) is 20.3. The summed E-state index contributed by atoms with van der Waals surface area (Å²) in [6, 6.07) is 42.0. The first-order valence-corrected chi connectivity index (χ1v) is 14.9. The van der Waals surface area contributed by atoms with Gasteiger partial charge in [0.15, 0.2) is 11.6 Å². The number of rotatable bonds is 3. The number of fused-ring (bicyclic) bond motifs is 10. The van der Waals surface area contributed by atoms with Gasteiger partial charge < -0.3 is 0 Å². The zero-order chi connectivity index (χ0) is 29.4. The molecule has 3 heterocycles. The molecule has 1 aliphatic rings. The van der Waals surface area contributed by atoms with E-state index in [2.05, 4.69) is 97.3 Å². The predicted molar refractivity (Wildman–Crippen MR) is 178 cm³/mol. The van der Waals surface area contributed by atoms with Crippen LogP contribution in [0.5, 0.6) is 0 Å². The standard InChI is InChI=1S/C39H27N5/c1-39(2)33-31(29-21-13-23-40-35(29)39)26-18-9-10-19-27(26)32-28-20-11-12-22-30(28)44(34(32)33)38-42-36(24-14-5-3-6-15-24)41-37(43-38)25-16-7-4-8-17-25/h3-23H,1-2H3. The van der Waals surface area contributed by atoms with Gasteiger partial charge in [-0.05, 0) is 34.0 Å². The van der Waals surface area contributed by atoms with Crippen LogP contribution >= 0.6 is 0 Å². The number of pyridine rings is 1. The molecule has 208 valence electrons. The van der Waals surface area contributed by atoms with E-state index in [-0.39, 0.29) is 5.41 Å². The van der Waals surface area contributed by atoms with Gasteiger partial charge >= 0.3 is 0 Å². The van der Waals surface area contributed by atoms with Gasteiger partial charge in [0.05, 0.1) is 16.7 Å². The quantitative estimate of drug-likeness (QED) is 0.214. The van der Waals surface area contributed by atoms with Gasteiger partial charge in [-0.25, -0.2) is 4.98 Å². The molecule has 5 heteroatoms. The minimum Gasteiger partial charge on any atom is -0.277 e. The van der Waals surface area contributed by atoms with Crippen molar-refractivity contribution in [2.75, 3.05) is 0 Å². The van der Waals surface area contributed by atoms with Crippen molar-refractivity contribution < 1.29 is 0 Å². The highest BCUT2D eigenvalue weighted by Crippen LogP contribution is 2.55. The lowest BCUT2D eigenvalue weighted by molar-refractivity contribution is 0.640. The van der Waals surface area contributed by atoms with Crippen LogP contribution in [0.15, 0.2) is 128 Å². The normalized spacial score (nSPS) is 13.4. The second kappa shape index (κ2) is 9.16. The van der Waals surface area contributed by atoms with Crippen LogP contribution in [-0.2, 0) is 5.41 Å². The van der Waals surface area contributed by atoms with Gasteiger partial charge in [-0.15, -0.1) is 0 Å². The molecule has 0 saturated carbocycles. The molecule has 0 fully saturated rings. The minimum atomic E-state index is -0.349. The van der Waals surface area contributed by atoms with Gasteiger partial charge in [0.25, 0.3) is 0 Å². The highest BCUT2D eigenvalue weighted by molar-refractivity contribution is 6.26. The fraction of sp³-hybridized carbons (Fsp3) is 0.0769. The van der Waals surface area contributed by atoms with Crippen molar-refractivity contribution in [3.05, 3.63) is 139 Å². The Bertz CT molecular complexity index is 2350. The summed E-state index contributed by atoms with van der Waals surface area (Å²) in [5.74, 6) is 1.88. The molecule has 0 saturated heterocycles. The van der Waals surface area contributed by atoms with Crippen LogP contribution in [0.3, 0.4) is 0 Å². The molecule has 5 nitrogen and oxygen atoms in total. The summed E-state index contributed by atoms with van der Waals surface area (Å²) >= 11 is 0. The average Bonchev–Trinajstić information content (AvgIpc) is 3.55. The van der Waals surface area contributed by atoms with Crippen LogP contribution < -0.4 is 0 Å². The molecule has 9 rings (SSSR count). The molecule has 8 aromatic rings. The Kier molecular flexibility index (Phi) is 5.18. The van der Waals surface area contributed by atoms with Crippen molar-refractivity contribution in [1.82, 2.24) is 24.5 Å². The Balaban J connectivity index is 1.49. The first-order chi connectivity index (χ1) is 21.6. The number of nitrogens with zero attached hydrogens (tertiary/aromatic N) is 5. The molecule has 0 unspecified atom stereocenters. The maximum Gasteiger partial charge on any atom is 0.238 e. The second-order valence-electron chi connectivity index (χ2n) is 11.9. The van der Waals surface area contributed by atoms with Crippen molar-refractivity contribution in [3.8, 4) is 39.9 Å². The number of hydrogen-bond donors (Lipinski definition) is 0. The van der Waals surface area contributed by atoms with Gasteiger partial charge in [-0.2, -0.15) is 9.97 Å². The van der Waals surface area contributed by atoms with E-state index < -0.39 is 0 Å². The molecule has 3 aromatic heterocycles. The average molecular weight is 566 g/mol. The maximum absolute atomic E-state index is 5.20. The number of hydrogen-bond acceptors (Lipinski definition) is 4. The van der Waals surface area contributed by atoms with E-state index in [1.807, 2.05) is 48.7 Å². The predicted octanol–water partition coefficient (Wildman–Crippen LogP) is 9.16. The van der Waals surface area contributed by atoms with E-state index >= 15 is 0 Å². The molecule has 0 bridgehead atoms. The number of para-hydroxylation sites is 1. The van der Waals surface area contributed by atoms with Gasteiger partial charge in [0.1, 0.15) is 0 Å². The van der Waals surface area contributed by atoms with E-state index in [0.29, 0.717) is 17.6 Å². The van der Waals surface area contributed by atoms with Gasteiger partial charge in [0.2, 0.25) is 5.95 Å². The third kappa shape index (κ3) is 3.41. The molecule has 0 radical (unpaired) electrons. The van der Waals surface area contributed by atoms with E-state index in [1.54, 1.807) is 0 Å². The third-order valence-corrected chi connectivity index (χ3v) is 9.01. The SMILES string of the molecule is CC1(C)c2ncccc2-c2c1c1c(c3ccccc23)c2ccccc2n1-c1nc(-c2ccccc2)nc(-c2ccccc2)n1. The lowest BCUT2D eigenvalue weighted by Gasteiger charge is -2.23. The van der Waals surface area contributed by atoms with Crippen molar-refractivity contribution in [2.24, 2.45) is 0 Å². The Morgan fingerprint density at radius 1 is 0.568 bits per heavy atom. The maximum atomic E-state index is 5.20. The molecule has 44 heavy (non-hydrogen) atoms. The van der Waals surface area contributed by atoms with E-state index in [0.717, 1.165) is 27.9 Å². The zero-order valence-electron chi connectivity index (χ0n) is 24.4. The van der Waals surface area contributed by atoms with E-state index in [4.69, 9.17) is 19.9 Å². The summed E-state index contributed by atoms with van der Waals surface area (Å²) in [6.45, 7) is 4.58. The van der Waals surface area contributed by atoms with Gasteiger partial charge in [0, 0.05) is 39.1 Å². The molecular formula is C39H27N5. The molecular weight excluding hydrogens is 538 g/mol. The smallest absolute Gasteiger partial charge is 0.238 e. The summed E-state index contributed by atoms with van der Waals surface area (Å²) in [5, 5.41) is 4.83. The summed E-state index contributed by atoms with van der Waals surface area (Å²) < 4.78 is 2.27. The Labute approximate surface area is 254 Å². The molecule has 0 aliphatic heterocycles.